The summed E-state index contributed by atoms with van der Waals surface area (Å²) in [5.74, 6) is 0.699. The molecule has 0 bridgehead atoms. The number of hydrogen-bond acceptors (Lipinski definition) is 3. The Kier molecular flexibility index (Phi) is 6.85. The smallest absolute Gasteiger partial charge is 0.214 e. The van der Waals surface area contributed by atoms with Crippen LogP contribution >= 0.6 is 28.3 Å². The molecule has 0 aliphatic carbocycles. The van der Waals surface area contributed by atoms with Gasteiger partial charge in [0, 0.05) is 12.1 Å². The Balaban J connectivity index is 0.00000144. The Morgan fingerprint density at radius 1 is 1.41 bits per heavy atom. The summed E-state index contributed by atoms with van der Waals surface area (Å²) in [5.41, 5.74) is 0. The minimum atomic E-state index is 0. The summed E-state index contributed by atoms with van der Waals surface area (Å²) in [4.78, 5) is 4.23. The van der Waals surface area contributed by atoms with Gasteiger partial charge in [0.1, 0.15) is 4.60 Å². The average Bonchev–Trinajstić information content (AvgIpc) is 2.30. The van der Waals surface area contributed by atoms with Crippen molar-refractivity contribution in [1.82, 2.24) is 10.3 Å². The van der Waals surface area contributed by atoms with E-state index in [9.17, 15) is 0 Å². The number of ether oxygens (including phenoxy) is 1. The van der Waals surface area contributed by atoms with E-state index in [0.717, 1.165) is 24.2 Å². The van der Waals surface area contributed by atoms with Crippen molar-refractivity contribution in [3.63, 3.8) is 0 Å². The summed E-state index contributed by atoms with van der Waals surface area (Å²) in [5, 5.41) is 3.51. The highest BCUT2D eigenvalue weighted by Gasteiger charge is 2.12. The van der Waals surface area contributed by atoms with Crippen molar-refractivity contribution < 1.29 is 4.74 Å². The van der Waals surface area contributed by atoms with Crippen LogP contribution < -0.4 is 10.1 Å². The van der Waals surface area contributed by atoms with Gasteiger partial charge < -0.3 is 10.1 Å². The third-order valence-corrected chi connectivity index (χ3v) is 3.26. The van der Waals surface area contributed by atoms with Crippen molar-refractivity contribution in [3.05, 3.63) is 22.8 Å². The molecule has 3 nitrogen and oxygen atoms in total. The molecule has 0 aromatic carbocycles. The zero-order chi connectivity index (χ0) is 11.2. The summed E-state index contributed by atoms with van der Waals surface area (Å²) in [6, 6.07) is 6.35. The topological polar surface area (TPSA) is 34.1 Å². The number of rotatable bonds is 4. The zero-order valence-electron chi connectivity index (χ0n) is 9.69. The summed E-state index contributed by atoms with van der Waals surface area (Å²) in [7, 11) is 0. The van der Waals surface area contributed by atoms with Crippen LogP contribution in [0, 0.1) is 0 Å². The lowest BCUT2D eigenvalue weighted by Gasteiger charge is -2.23. The van der Waals surface area contributed by atoms with Gasteiger partial charge in [-0.15, -0.1) is 12.4 Å². The first-order valence-corrected chi connectivity index (χ1v) is 6.62. The Hall–Kier alpha value is -0.320. The molecule has 0 amide bonds. The van der Waals surface area contributed by atoms with Gasteiger partial charge >= 0.3 is 0 Å². The highest BCUT2D eigenvalue weighted by atomic mass is 79.9. The molecular weight excluding hydrogens is 304 g/mol. The van der Waals surface area contributed by atoms with Gasteiger partial charge in [-0.05, 0) is 47.8 Å². The number of nitrogens with one attached hydrogen (secondary N) is 1. The molecule has 17 heavy (non-hydrogen) atoms. The van der Waals surface area contributed by atoms with E-state index in [1.165, 1.54) is 19.3 Å². The molecule has 0 saturated carbocycles. The van der Waals surface area contributed by atoms with Crippen molar-refractivity contribution >= 4 is 28.3 Å². The van der Waals surface area contributed by atoms with Crippen LogP contribution in [0.1, 0.15) is 25.7 Å². The Morgan fingerprint density at radius 3 is 3.00 bits per heavy atom. The Labute approximate surface area is 117 Å². The Bertz CT molecular complexity index is 332. The van der Waals surface area contributed by atoms with Crippen LogP contribution in [0.2, 0.25) is 0 Å². The average molecular weight is 322 g/mol. The molecular formula is C12H18BrClN2O. The molecule has 1 saturated heterocycles. The number of halogens is 2. The Morgan fingerprint density at radius 2 is 2.29 bits per heavy atom. The first-order chi connectivity index (χ1) is 7.84. The fraction of sp³-hybridized carbons (Fsp3) is 0.583. The lowest BCUT2D eigenvalue weighted by atomic mass is 10.0. The van der Waals surface area contributed by atoms with E-state index >= 15 is 0 Å². The van der Waals surface area contributed by atoms with Crippen LogP contribution in [0.25, 0.3) is 0 Å². The number of nitrogens with zero attached hydrogens (tertiary/aromatic N) is 1. The van der Waals surface area contributed by atoms with Crippen LogP contribution in [0.4, 0.5) is 0 Å². The van der Waals surface area contributed by atoms with Gasteiger partial charge in [-0.1, -0.05) is 12.5 Å². The van der Waals surface area contributed by atoms with E-state index in [1.807, 2.05) is 18.2 Å². The van der Waals surface area contributed by atoms with Crippen LogP contribution in [0.5, 0.6) is 5.88 Å². The molecule has 1 unspecified atom stereocenters. The fourth-order valence-corrected chi connectivity index (χ4v) is 2.27. The van der Waals surface area contributed by atoms with Crippen LogP contribution in [0.15, 0.2) is 22.8 Å². The molecule has 1 aromatic rings. The maximum absolute atomic E-state index is 5.61. The predicted octanol–water partition coefficient (Wildman–Crippen LogP) is 3.18. The van der Waals surface area contributed by atoms with Crippen molar-refractivity contribution in [2.45, 2.75) is 31.7 Å². The summed E-state index contributed by atoms with van der Waals surface area (Å²) >= 11 is 3.33. The molecule has 1 aromatic heterocycles. The van der Waals surface area contributed by atoms with Gasteiger partial charge in [0.25, 0.3) is 0 Å². The molecule has 1 fully saturated rings. The first-order valence-electron chi connectivity index (χ1n) is 5.83. The van der Waals surface area contributed by atoms with Gasteiger partial charge in [0.05, 0.1) is 6.61 Å². The number of pyridine rings is 1. The summed E-state index contributed by atoms with van der Waals surface area (Å²) in [6.07, 6.45) is 4.99. The van der Waals surface area contributed by atoms with Gasteiger partial charge in [-0.25, -0.2) is 4.98 Å². The van der Waals surface area contributed by atoms with E-state index in [0.29, 0.717) is 11.9 Å². The van der Waals surface area contributed by atoms with Crippen molar-refractivity contribution in [1.29, 1.82) is 0 Å². The molecule has 2 rings (SSSR count). The molecule has 1 aliphatic heterocycles. The molecule has 5 heteroatoms. The van der Waals surface area contributed by atoms with E-state index < -0.39 is 0 Å². The lowest BCUT2D eigenvalue weighted by molar-refractivity contribution is 0.260. The molecule has 0 radical (unpaired) electrons. The first kappa shape index (κ1) is 14.7. The van der Waals surface area contributed by atoms with Crippen LogP contribution in [0.3, 0.4) is 0 Å². The second-order valence-corrected chi connectivity index (χ2v) is 4.89. The second-order valence-electron chi connectivity index (χ2n) is 4.08. The van der Waals surface area contributed by atoms with Gasteiger partial charge in [-0.2, -0.15) is 0 Å². The molecule has 96 valence electrons. The summed E-state index contributed by atoms with van der Waals surface area (Å²) in [6.45, 7) is 1.89. The van der Waals surface area contributed by atoms with Crippen molar-refractivity contribution in [2.75, 3.05) is 13.2 Å². The standard InChI is InChI=1S/C12H17BrN2O.ClH/c13-11-5-3-6-12(15-11)16-9-7-10-4-1-2-8-14-10;/h3,5-6,10,14H,1-2,4,7-9H2;1H. The van der Waals surface area contributed by atoms with E-state index in [2.05, 4.69) is 26.2 Å². The highest BCUT2D eigenvalue weighted by Crippen LogP contribution is 2.14. The largest absolute Gasteiger partial charge is 0.478 e. The molecule has 1 atom stereocenters. The van der Waals surface area contributed by atoms with Gasteiger partial charge in [0.15, 0.2) is 0 Å². The van der Waals surface area contributed by atoms with Crippen molar-refractivity contribution in [3.8, 4) is 5.88 Å². The molecule has 2 heterocycles. The normalized spacial score (nSPS) is 19.5. The summed E-state index contributed by atoms with van der Waals surface area (Å²) < 4.78 is 6.43. The van der Waals surface area contributed by atoms with Gasteiger partial charge in [0.2, 0.25) is 5.88 Å². The second kappa shape index (κ2) is 7.90. The predicted molar refractivity (Wildman–Crippen MR) is 74.9 cm³/mol. The van der Waals surface area contributed by atoms with E-state index in [1.54, 1.807) is 0 Å². The third-order valence-electron chi connectivity index (χ3n) is 2.82. The minimum absolute atomic E-state index is 0. The number of aromatic nitrogens is 1. The van der Waals surface area contributed by atoms with Crippen LogP contribution in [-0.4, -0.2) is 24.2 Å². The third kappa shape index (κ3) is 5.23. The highest BCUT2D eigenvalue weighted by molar-refractivity contribution is 9.10. The molecule has 1 N–H and O–H groups in total. The molecule has 1 aliphatic rings. The van der Waals surface area contributed by atoms with Crippen molar-refractivity contribution in [2.24, 2.45) is 0 Å². The quantitative estimate of drug-likeness (QED) is 0.865. The lowest BCUT2D eigenvalue weighted by Crippen LogP contribution is -2.35. The van der Waals surface area contributed by atoms with Crippen LogP contribution in [-0.2, 0) is 0 Å². The number of hydrogen-bond donors (Lipinski definition) is 1. The maximum atomic E-state index is 5.61. The van der Waals surface area contributed by atoms with E-state index in [-0.39, 0.29) is 12.4 Å². The fourth-order valence-electron chi connectivity index (χ4n) is 1.95. The zero-order valence-corrected chi connectivity index (χ0v) is 12.1. The molecule has 0 spiro atoms. The minimum Gasteiger partial charge on any atom is -0.478 e. The monoisotopic (exact) mass is 320 g/mol. The van der Waals surface area contributed by atoms with Gasteiger partial charge in [-0.3, -0.25) is 0 Å². The van der Waals surface area contributed by atoms with E-state index in [4.69, 9.17) is 4.74 Å². The number of piperidine rings is 1. The SMILES string of the molecule is Brc1cccc(OCCC2CCCCN2)n1.Cl. The maximum Gasteiger partial charge on any atom is 0.214 e.